The molecule has 13 nitrogen and oxygen atoms in total. The fourth-order valence-corrected chi connectivity index (χ4v) is 4.24. The molecular weight excluding hydrogens is 482 g/mol. The lowest BCUT2D eigenvalue weighted by Gasteiger charge is -2.28. The zero-order valence-electron chi connectivity index (χ0n) is 20.1. The summed E-state index contributed by atoms with van der Waals surface area (Å²) in [6.45, 7) is 0.344. The van der Waals surface area contributed by atoms with Crippen molar-refractivity contribution in [2.75, 3.05) is 6.54 Å². The molecule has 0 saturated carbocycles. The molecule has 8 N–H and O–H groups in total. The van der Waals surface area contributed by atoms with Gasteiger partial charge in [0.1, 0.15) is 18.1 Å². The van der Waals surface area contributed by atoms with E-state index in [0.717, 1.165) is 5.56 Å². The highest BCUT2D eigenvalue weighted by molar-refractivity contribution is 5.95. The number of amides is 4. The fraction of sp³-hybridized carbons (Fsp3) is 0.417. The zero-order valence-corrected chi connectivity index (χ0v) is 20.1. The number of carboxylic acid groups (broad SMARTS) is 1. The van der Waals surface area contributed by atoms with Gasteiger partial charge in [0.15, 0.2) is 0 Å². The smallest absolute Gasteiger partial charge is 0.326 e. The van der Waals surface area contributed by atoms with Gasteiger partial charge in [-0.1, -0.05) is 30.3 Å². The highest BCUT2D eigenvalue weighted by Gasteiger charge is 2.38. The molecule has 0 radical (unpaired) electrons. The van der Waals surface area contributed by atoms with Crippen molar-refractivity contribution < 1.29 is 29.1 Å². The molecule has 198 valence electrons. The van der Waals surface area contributed by atoms with E-state index in [1.165, 1.54) is 17.4 Å². The van der Waals surface area contributed by atoms with Crippen LogP contribution in [-0.2, 0) is 36.8 Å². The van der Waals surface area contributed by atoms with Crippen molar-refractivity contribution in [1.29, 1.82) is 0 Å². The van der Waals surface area contributed by atoms with Crippen molar-refractivity contribution in [2.24, 2.45) is 11.5 Å². The van der Waals surface area contributed by atoms with Crippen molar-refractivity contribution in [1.82, 2.24) is 25.5 Å². The number of H-pyrrole nitrogens is 1. The lowest BCUT2D eigenvalue weighted by atomic mass is 10.0. The van der Waals surface area contributed by atoms with E-state index in [2.05, 4.69) is 20.6 Å². The van der Waals surface area contributed by atoms with E-state index < -0.39 is 54.3 Å². The van der Waals surface area contributed by atoms with Gasteiger partial charge >= 0.3 is 5.97 Å². The highest BCUT2D eigenvalue weighted by atomic mass is 16.4. The van der Waals surface area contributed by atoms with E-state index in [-0.39, 0.29) is 12.3 Å². The van der Waals surface area contributed by atoms with Gasteiger partial charge in [-0.25, -0.2) is 9.78 Å². The molecule has 1 aromatic carbocycles. The third kappa shape index (κ3) is 7.61. The Labute approximate surface area is 213 Å². The quantitative estimate of drug-likeness (QED) is 0.195. The molecule has 1 aromatic heterocycles. The average molecular weight is 514 g/mol. The minimum absolute atomic E-state index is 0.0331. The number of aliphatic carboxylic acids is 1. The van der Waals surface area contributed by atoms with E-state index in [4.69, 9.17) is 11.5 Å². The van der Waals surface area contributed by atoms with Crippen LogP contribution in [0.3, 0.4) is 0 Å². The first-order valence-electron chi connectivity index (χ1n) is 11.8. The molecule has 37 heavy (non-hydrogen) atoms. The normalized spacial score (nSPS) is 17.4. The number of rotatable bonds is 12. The van der Waals surface area contributed by atoms with Gasteiger partial charge in [0.05, 0.1) is 18.8 Å². The Morgan fingerprint density at radius 1 is 1.11 bits per heavy atom. The number of imidazole rings is 1. The maximum atomic E-state index is 13.2. The number of nitrogens with zero attached hydrogens (tertiary/aromatic N) is 2. The number of aromatic nitrogens is 2. The van der Waals surface area contributed by atoms with E-state index in [1.54, 1.807) is 0 Å². The standard InChI is InChI=1S/C24H31N7O6/c25-16(9-14-5-2-1-3-6-14)23(35)31-8-4-7-19(31)22(34)29-17(10-15-12-27-13-28-15)21(33)30-18(24(36)37)11-20(26)32/h1-3,5-6,12-13,16-19H,4,7-11,25H2,(H2,26,32)(H,27,28)(H,29,34)(H,30,33)(H,36,37). The molecule has 3 rings (SSSR count). The summed E-state index contributed by atoms with van der Waals surface area (Å²) >= 11 is 0. The number of likely N-dealkylation sites (tertiary alicyclic amines) is 1. The second kappa shape index (κ2) is 12.6. The maximum Gasteiger partial charge on any atom is 0.326 e. The second-order valence-electron chi connectivity index (χ2n) is 8.90. The molecule has 2 heterocycles. The largest absolute Gasteiger partial charge is 0.480 e. The van der Waals surface area contributed by atoms with Gasteiger partial charge < -0.3 is 37.1 Å². The molecule has 13 heteroatoms. The van der Waals surface area contributed by atoms with Gasteiger partial charge in [0, 0.05) is 24.9 Å². The fourth-order valence-electron chi connectivity index (χ4n) is 4.24. The Hall–Kier alpha value is -4.26. The minimum Gasteiger partial charge on any atom is -0.480 e. The second-order valence-corrected chi connectivity index (χ2v) is 8.90. The number of nitrogens with one attached hydrogen (secondary N) is 3. The number of nitrogens with two attached hydrogens (primary N) is 2. The minimum atomic E-state index is -1.56. The monoisotopic (exact) mass is 513 g/mol. The number of carboxylic acids is 1. The van der Waals surface area contributed by atoms with Crippen LogP contribution in [-0.4, -0.2) is 80.3 Å². The van der Waals surface area contributed by atoms with E-state index >= 15 is 0 Å². The Morgan fingerprint density at radius 2 is 1.84 bits per heavy atom. The first-order valence-corrected chi connectivity index (χ1v) is 11.8. The maximum absolute atomic E-state index is 13.2. The first-order chi connectivity index (χ1) is 17.7. The molecule has 1 fully saturated rings. The van der Waals surface area contributed by atoms with Crippen molar-refractivity contribution in [3.8, 4) is 0 Å². The summed E-state index contributed by atoms with van der Waals surface area (Å²) in [7, 11) is 0. The number of hydrogen-bond donors (Lipinski definition) is 6. The predicted octanol–water partition coefficient (Wildman–Crippen LogP) is -1.56. The molecule has 0 bridgehead atoms. The number of carbonyl (C=O) groups is 5. The van der Waals surface area contributed by atoms with Crippen LogP contribution in [0.25, 0.3) is 0 Å². The van der Waals surface area contributed by atoms with Gasteiger partial charge in [-0.2, -0.15) is 0 Å². The summed E-state index contributed by atoms with van der Waals surface area (Å²) in [4.78, 5) is 70.1. The van der Waals surface area contributed by atoms with Crippen molar-refractivity contribution in [3.05, 3.63) is 54.1 Å². The Kier molecular flexibility index (Phi) is 9.33. The summed E-state index contributed by atoms with van der Waals surface area (Å²) < 4.78 is 0. The van der Waals surface area contributed by atoms with Crippen molar-refractivity contribution >= 4 is 29.6 Å². The molecule has 1 saturated heterocycles. The molecule has 4 amide bonds. The number of benzene rings is 1. The predicted molar refractivity (Wildman–Crippen MR) is 130 cm³/mol. The van der Waals surface area contributed by atoms with Crippen LogP contribution in [0.5, 0.6) is 0 Å². The van der Waals surface area contributed by atoms with E-state index in [1.807, 2.05) is 30.3 Å². The molecule has 1 aliphatic heterocycles. The van der Waals surface area contributed by atoms with Crippen LogP contribution in [0.15, 0.2) is 42.9 Å². The van der Waals surface area contributed by atoms with Crippen LogP contribution < -0.4 is 22.1 Å². The van der Waals surface area contributed by atoms with Crippen molar-refractivity contribution in [3.63, 3.8) is 0 Å². The molecule has 4 unspecified atom stereocenters. The summed E-state index contributed by atoms with van der Waals surface area (Å²) in [5.41, 5.74) is 12.6. The summed E-state index contributed by atoms with van der Waals surface area (Å²) in [6.07, 6.45) is 3.48. The molecule has 1 aliphatic rings. The molecule has 0 spiro atoms. The lowest BCUT2D eigenvalue weighted by Crippen LogP contribution is -2.57. The van der Waals surface area contributed by atoms with Crippen LogP contribution in [0.1, 0.15) is 30.5 Å². The average Bonchev–Trinajstić information content (AvgIpc) is 3.55. The highest BCUT2D eigenvalue weighted by Crippen LogP contribution is 2.19. The lowest BCUT2D eigenvalue weighted by molar-refractivity contribution is -0.144. The van der Waals surface area contributed by atoms with E-state index in [9.17, 15) is 29.1 Å². The van der Waals surface area contributed by atoms with Gasteiger partial charge in [-0.15, -0.1) is 0 Å². The molecule has 2 aromatic rings. The van der Waals surface area contributed by atoms with E-state index in [0.29, 0.717) is 31.5 Å². The van der Waals surface area contributed by atoms with Crippen molar-refractivity contribution in [2.45, 2.75) is 56.3 Å². The number of aromatic amines is 1. The third-order valence-electron chi connectivity index (χ3n) is 6.09. The SMILES string of the molecule is NC(=O)CC(NC(=O)C(Cc1cnc[nH]1)NC(=O)C1CCCN1C(=O)C(N)Cc1ccccc1)C(=O)O. The topological polar surface area (TPSA) is 214 Å². The first kappa shape index (κ1) is 27.3. The van der Waals surface area contributed by atoms with Crippen LogP contribution >= 0.6 is 0 Å². The summed E-state index contributed by atoms with van der Waals surface area (Å²) in [6, 6.07) is 4.83. The van der Waals surface area contributed by atoms with Gasteiger partial charge in [0.25, 0.3) is 0 Å². The van der Waals surface area contributed by atoms with Gasteiger partial charge in [-0.3, -0.25) is 19.2 Å². The molecule has 4 atom stereocenters. The number of carbonyl (C=O) groups excluding carboxylic acids is 4. The van der Waals surface area contributed by atoms with Crippen LogP contribution in [0.2, 0.25) is 0 Å². The number of primary amides is 1. The Balaban J connectivity index is 1.71. The Bertz CT molecular complexity index is 1110. The summed E-state index contributed by atoms with van der Waals surface area (Å²) in [5.74, 6) is -4.12. The summed E-state index contributed by atoms with van der Waals surface area (Å²) in [5, 5.41) is 14.2. The Morgan fingerprint density at radius 3 is 2.46 bits per heavy atom. The zero-order chi connectivity index (χ0) is 26.9. The third-order valence-corrected chi connectivity index (χ3v) is 6.09. The van der Waals surface area contributed by atoms with Crippen LogP contribution in [0.4, 0.5) is 0 Å². The number of hydrogen-bond acceptors (Lipinski definition) is 7. The molecule has 0 aliphatic carbocycles. The van der Waals surface area contributed by atoms with Crippen LogP contribution in [0, 0.1) is 0 Å². The molecular formula is C24H31N7O6. The van der Waals surface area contributed by atoms with Gasteiger partial charge in [0.2, 0.25) is 23.6 Å². The van der Waals surface area contributed by atoms with Gasteiger partial charge in [-0.05, 0) is 24.8 Å².